The fourth-order valence-corrected chi connectivity index (χ4v) is 3.15. The third kappa shape index (κ3) is 6.09. The highest BCUT2D eigenvalue weighted by molar-refractivity contribution is 5.82. The number of rotatable bonds is 7. The van der Waals surface area contributed by atoms with Gasteiger partial charge in [-0.05, 0) is 24.6 Å². The molecule has 0 amide bonds. The number of aromatic nitrogens is 2. The van der Waals surface area contributed by atoms with E-state index in [1.807, 2.05) is 0 Å². The lowest BCUT2D eigenvalue weighted by Crippen LogP contribution is -2.45. The number of hydrogen-bond acceptors (Lipinski definition) is 6. The van der Waals surface area contributed by atoms with Gasteiger partial charge in [-0.2, -0.15) is 39.5 Å². The van der Waals surface area contributed by atoms with Crippen LogP contribution in [-0.4, -0.2) is 36.0 Å². The van der Waals surface area contributed by atoms with Crippen molar-refractivity contribution in [2.45, 2.75) is 44.6 Å². The molecule has 2 aromatic rings. The number of esters is 1. The molecule has 1 heterocycles. The number of benzene rings is 1. The van der Waals surface area contributed by atoms with Crippen molar-refractivity contribution in [3.05, 3.63) is 51.4 Å². The molecule has 36 heavy (non-hydrogen) atoms. The second-order valence-electron chi connectivity index (χ2n) is 7.14. The minimum Gasteiger partial charge on any atom is -0.466 e. The highest BCUT2D eigenvalue weighted by Crippen LogP contribution is 2.43. The largest absolute Gasteiger partial charge is 0.466 e. The summed E-state index contributed by atoms with van der Waals surface area (Å²) in [5.41, 5.74) is -8.13. The summed E-state index contributed by atoms with van der Waals surface area (Å²) < 4.78 is 131. The highest BCUT2D eigenvalue weighted by Gasteiger charge is 2.43. The van der Waals surface area contributed by atoms with Gasteiger partial charge in [0.25, 0.3) is 5.56 Å². The van der Waals surface area contributed by atoms with Crippen molar-refractivity contribution in [2.75, 3.05) is 19.1 Å². The Labute approximate surface area is 197 Å². The number of anilines is 2. The van der Waals surface area contributed by atoms with E-state index in [0.29, 0.717) is 4.57 Å². The number of halogens is 9. The fraction of sp³-hybridized carbons (Fsp3) is 0.450. The molecule has 1 aromatic carbocycles. The van der Waals surface area contributed by atoms with Crippen LogP contribution in [0, 0.1) is 0 Å². The molecule has 0 saturated heterocycles. The van der Waals surface area contributed by atoms with Crippen molar-refractivity contribution in [1.82, 2.24) is 9.55 Å². The molecule has 2 rings (SSSR count). The molecule has 0 spiro atoms. The minimum atomic E-state index is -5.50. The van der Waals surface area contributed by atoms with Crippen LogP contribution in [0.3, 0.4) is 0 Å². The number of ether oxygens (including phenoxy) is 2. The van der Waals surface area contributed by atoms with Crippen LogP contribution in [0.2, 0.25) is 0 Å². The fourth-order valence-electron chi connectivity index (χ4n) is 3.15. The van der Waals surface area contributed by atoms with Gasteiger partial charge < -0.3 is 9.47 Å². The first-order valence-electron chi connectivity index (χ1n) is 9.84. The van der Waals surface area contributed by atoms with Crippen LogP contribution in [0.15, 0.2) is 29.1 Å². The Kier molecular flexibility index (Phi) is 8.33. The van der Waals surface area contributed by atoms with E-state index in [1.54, 1.807) is 0 Å². The molecule has 1 unspecified atom stereocenters. The second-order valence-corrected chi connectivity index (χ2v) is 7.14. The topological polar surface area (TPSA) is 73.7 Å². The summed E-state index contributed by atoms with van der Waals surface area (Å²) in [5, 5.41) is 0. The third-order valence-electron chi connectivity index (χ3n) is 4.69. The smallest absolute Gasteiger partial charge is 0.433 e. The van der Waals surface area contributed by atoms with Crippen LogP contribution in [0.25, 0.3) is 0 Å². The quantitative estimate of drug-likeness (QED) is 0.283. The van der Waals surface area contributed by atoms with E-state index in [1.165, 1.54) is 6.92 Å². The van der Waals surface area contributed by atoms with Crippen LogP contribution < -0.4 is 10.5 Å². The number of nitrogens with zero attached hydrogens (tertiary/aromatic N) is 3. The number of carbonyl (C=O) groups excluding carboxylic acids is 1. The standard InChI is InChI=1S/C20H18F9N3O4/c1-4-7-31-14(33)9-13(20(27,28)29)30-17(31)32(15(35-2)16(34)36-3)12-6-5-10(18(21,22)23)8-11(12)19(24,25)26/h5-6,8-9,15H,4,7H2,1-3H3. The zero-order valence-corrected chi connectivity index (χ0v) is 18.7. The van der Waals surface area contributed by atoms with Gasteiger partial charge in [0, 0.05) is 19.7 Å². The predicted molar refractivity (Wildman–Crippen MR) is 105 cm³/mol. The van der Waals surface area contributed by atoms with Crippen LogP contribution in [-0.2, 0) is 39.3 Å². The van der Waals surface area contributed by atoms with Gasteiger partial charge >= 0.3 is 24.5 Å². The Bertz CT molecular complexity index is 1160. The zero-order valence-electron chi connectivity index (χ0n) is 18.7. The van der Waals surface area contributed by atoms with E-state index in [2.05, 4.69) is 9.72 Å². The Hall–Kier alpha value is -3.30. The van der Waals surface area contributed by atoms with E-state index in [0.717, 1.165) is 14.2 Å². The minimum absolute atomic E-state index is 0.0722. The van der Waals surface area contributed by atoms with Crippen molar-refractivity contribution in [3.8, 4) is 0 Å². The number of hydrogen-bond donors (Lipinski definition) is 0. The lowest BCUT2D eigenvalue weighted by Gasteiger charge is -2.33. The molecule has 1 aromatic heterocycles. The number of alkyl halides is 9. The van der Waals surface area contributed by atoms with E-state index in [4.69, 9.17) is 4.74 Å². The summed E-state index contributed by atoms with van der Waals surface area (Å²) in [6.45, 7) is 1.10. The van der Waals surface area contributed by atoms with Crippen molar-refractivity contribution in [2.24, 2.45) is 0 Å². The predicted octanol–water partition coefficient (Wildman–Crippen LogP) is 4.99. The first-order chi connectivity index (χ1) is 16.5. The maximum absolute atomic E-state index is 13.9. The average molecular weight is 535 g/mol. The van der Waals surface area contributed by atoms with Crippen molar-refractivity contribution in [3.63, 3.8) is 0 Å². The SMILES string of the molecule is CCCn1c(N(c2ccc(C(F)(F)F)cc2C(F)(F)F)C(OC)C(=O)OC)nc(C(F)(F)F)cc1=O. The summed E-state index contributed by atoms with van der Waals surface area (Å²) in [6, 6.07) is 0.303. The van der Waals surface area contributed by atoms with E-state index in [-0.39, 0.29) is 42.1 Å². The molecule has 0 aliphatic heterocycles. The monoisotopic (exact) mass is 535 g/mol. The van der Waals surface area contributed by atoms with E-state index >= 15 is 0 Å². The molecule has 0 aliphatic carbocycles. The molecule has 0 saturated carbocycles. The summed E-state index contributed by atoms with van der Waals surface area (Å²) in [7, 11) is 1.56. The average Bonchev–Trinajstić information content (AvgIpc) is 2.76. The highest BCUT2D eigenvalue weighted by atomic mass is 19.4. The lowest BCUT2D eigenvalue weighted by atomic mass is 10.1. The number of methoxy groups -OCH3 is 2. The number of carbonyl (C=O) groups is 1. The lowest BCUT2D eigenvalue weighted by molar-refractivity contribution is -0.152. The van der Waals surface area contributed by atoms with Gasteiger partial charge in [0.15, 0.2) is 5.69 Å². The van der Waals surface area contributed by atoms with Gasteiger partial charge in [-0.3, -0.25) is 14.3 Å². The van der Waals surface area contributed by atoms with Gasteiger partial charge in [-0.25, -0.2) is 9.78 Å². The molecule has 0 fully saturated rings. The van der Waals surface area contributed by atoms with Gasteiger partial charge in [0.1, 0.15) is 0 Å². The Morgan fingerprint density at radius 2 is 1.61 bits per heavy atom. The molecular formula is C20H18F9N3O4. The zero-order chi connectivity index (χ0) is 27.6. The Balaban J connectivity index is 3.08. The molecule has 1 atom stereocenters. The van der Waals surface area contributed by atoms with Gasteiger partial charge in [0.05, 0.1) is 23.9 Å². The normalized spacial score (nSPS) is 13.4. The van der Waals surface area contributed by atoms with Crippen molar-refractivity contribution in [1.29, 1.82) is 0 Å². The maximum atomic E-state index is 13.9. The van der Waals surface area contributed by atoms with Gasteiger partial charge in [0.2, 0.25) is 12.2 Å². The molecular weight excluding hydrogens is 517 g/mol. The van der Waals surface area contributed by atoms with Crippen LogP contribution in [0.4, 0.5) is 51.1 Å². The first-order valence-corrected chi connectivity index (χ1v) is 9.84. The first kappa shape index (κ1) is 28.9. The summed E-state index contributed by atoms with van der Waals surface area (Å²) >= 11 is 0. The van der Waals surface area contributed by atoms with E-state index in [9.17, 15) is 49.1 Å². The van der Waals surface area contributed by atoms with Crippen LogP contribution in [0.5, 0.6) is 0 Å². The Morgan fingerprint density at radius 1 is 1.00 bits per heavy atom. The molecule has 0 bridgehead atoms. The van der Waals surface area contributed by atoms with Crippen molar-refractivity contribution >= 4 is 17.6 Å². The summed E-state index contributed by atoms with van der Waals surface area (Å²) in [6.07, 6.45) is -18.2. The van der Waals surface area contributed by atoms with Gasteiger partial charge in [-0.15, -0.1) is 0 Å². The van der Waals surface area contributed by atoms with Crippen LogP contribution in [0.1, 0.15) is 30.2 Å². The maximum Gasteiger partial charge on any atom is 0.433 e. The third-order valence-corrected chi connectivity index (χ3v) is 4.69. The molecule has 7 nitrogen and oxygen atoms in total. The Morgan fingerprint density at radius 3 is 2.06 bits per heavy atom. The summed E-state index contributed by atoms with van der Waals surface area (Å²) in [4.78, 5) is 28.3. The molecule has 0 aliphatic rings. The molecule has 200 valence electrons. The molecule has 0 radical (unpaired) electrons. The summed E-state index contributed by atoms with van der Waals surface area (Å²) in [5.74, 6) is -2.58. The van der Waals surface area contributed by atoms with E-state index < -0.39 is 64.7 Å². The second kappa shape index (κ2) is 10.4. The molecule has 0 N–H and O–H groups in total. The van der Waals surface area contributed by atoms with Crippen molar-refractivity contribution < 1.29 is 53.8 Å². The van der Waals surface area contributed by atoms with Crippen LogP contribution >= 0.6 is 0 Å². The molecule has 16 heteroatoms. The van der Waals surface area contributed by atoms with Gasteiger partial charge in [-0.1, -0.05) is 6.92 Å².